The lowest BCUT2D eigenvalue weighted by Gasteiger charge is -2.22. The highest BCUT2D eigenvalue weighted by Gasteiger charge is 2.41. The topological polar surface area (TPSA) is 64.3 Å². The minimum Gasteiger partial charge on any atom is -0.481 e. The van der Waals surface area contributed by atoms with Crippen LogP contribution in [0.15, 0.2) is 18.2 Å². The van der Waals surface area contributed by atoms with Gasteiger partial charge in [0.25, 0.3) is 0 Å². The summed E-state index contributed by atoms with van der Waals surface area (Å²) in [5.74, 6) is -1.43. The Morgan fingerprint density at radius 1 is 1.61 bits per heavy atom. The predicted octanol–water partition coefficient (Wildman–Crippen LogP) is 2.00. The van der Waals surface area contributed by atoms with Crippen LogP contribution >= 0.6 is 0 Å². The van der Waals surface area contributed by atoms with Gasteiger partial charge in [-0.05, 0) is 25.5 Å². The number of aliphatic carboxylic acids is 1. The maximum absolute atomic E-state index is 13.5. The van der Waals surface area contributed by atoms with Crippen molar-refractivity contribution in [1.82, 2.24) is 0 Å². The summed E-state index contributed by atoms with van der Waals surface area (Å²) in [7, 11) is 0. The molecule has 0 bridgehead atoms. The van der Waals surface area contributed by atoms with Crippen LogP contribution in [0.3, 0.4) is 0 Å². The highest BCUT2D eigenvalue weighted by Crippen LogP contribution is 2.35. The first-order chi connectivity index (χ1) is 8.48. The van der Waals surface area contributed by atoms with E-state index in [0.717, 1.165) is 0 Å². The summed E-state index contributed by atoms with van der Waals surface area (Å²) in [6.45, 7) is 2.47. The molecule has 0 radical (unpaired) electrons. The minimum absolute atomic E-state index is 0.0212. The van der Waals surface area contributed by atoms with Gasteiger partial charge in [-0.2, -0.15) is 5.26 Å². The van der Waals surface area contributed by atoms with Gasteiger partial charge in [0.1, 0.15) is 17.4 Å². The lowest BCUT2D eigenvalue weighted by molar-refractivity contribution is -0.146. The second-order valence-electron chi connectivity index (χ2n) is 4.78. The van der Waals surface area contributed by atoms with Crippen LogP contribution in [0.5, 0.6) is 0 Å². The number of anilines is 1. The second-order valence-corrected chi connectivity index (χ2v) is 4.78. The van der Waals surface area contributed by atoms with Gasteiger partial charge in [-0.1, -0.05) is 6.07 Å². The summed E-state index contributed by atoms with van der Waals surface area (Å²) in [5, 5.41) is 18.1. The van der Waals surface area contributed by atoms with Crippen molar-refractivity contribution in [1.29, 1.82) is 5.26 Å². The maximum Gasteiger partial charge on any atom is 0.311 e. The zero-order valence-corrected chi connectivity index (χ0v) is 9.98. The molecule has 1 aromatic carbocycles. The van der Waals surface area contributed by atoms with Crippen LogP contribution in [0.2, 0.25) is 0 Å². The van der Waals surface area contributed by atoms with Gasteiger partial charge in [0, 0.05) is 13.1 Å². The lowest BCUT2D eigenvalue weighted by Crippen LogP contribution is -2.32. The molecule has 0 saturated carbocycles. The number of nitrogens with zero attached hydrogens (tertiary/aromatic N) is 2. The Labute approximate surface area is 104 Å². The van der Waals surface area contributed by atoms with Crippen LogP contribution in [-0.4, -0.2) is 24.2 Å². The van der Waals surface area contributed by atoms with E-state index >= 15 is 0 Å². The zero-order chi connectivity index (χ0) is 13.3. The van der Waals surface area contributed by atoms with Crippen molar-refractivity contribution in [3.05, 3.63) is 29.6 Å². The number of carboxylic acid groups (broad SMARTS) is 1. The van der Waals surface area contributed by atoms with E-state index in [1.165, 1.54) is 12.1 Å². The molecule has 0 amide bonds. The van der Waals surface area contributed by atoms with E-state index in [1.807, 2.05) is 6.07 Å². The molecule has 1 heterocycles. The highest BCUT2D eigenvalue weighted by molar-refractivity contribution is 5.76. The van der Waals surface area contributed by atoms with Gasteiger partial charge >= 0.3 is 5.97 Å². The Hall–Kier alpha value is -2.09. The number of benzene rings is 1. The van der Waals surface area contributed by atoms with Crippen molar-refractivity contribution in [3.8, 4) is 6.07 Å². The summed E-state index contributed by atoms with van der Waals surface area (Å²) in [6.07, 6.45) is 0.490. The van der Waals surface area contributed by atoms with E-state index in [4.69, 9.17) is 10.4 Å². The van der Waals surface area contributed by atoms with Crippen molar-refractivity contribution in [3.63, 3.8) is 0 Å². The molecule has 1 unspecified atom stereocenters. The van der Waals surface area contributed by atoms with Gasteiger partial charge in [0.2, 0.25) is 0 Å². The lowest BCUT2D eigenvalue weighted by atomic mass is 9.90. The van der Waals surface area contributed by atoms with Gasteiger partial charge in [0.05, 0.1) is 11.1 Å². The Balaban J connectivity index is 2.34. The van der Waals surface area contributed by atoms with Crippen LogP contribution in [-0.2, 0) is 4.79 Å². The Morgan fingerprint density at radius 2 is 2.33 bits per heavy atom. The zero-order valence-electron chi connectivity index (χ0n) is 9.98. The van der Waals surface area contributed by atoms with E-state index in [1.54, 1.807) is 17.9 Å². The largest absolute Gasteiger partial charge is 0.481 e. The molecule has 0 aromatic heterocycles. The number of nitriles is 1. The summed E-state index contributed by atoms with van der Waals surface area (Å²) in [4.78, 5) is 12.9. The standard InChI is InChI=1S/C13H13FN2O2/c1-13(12(17)18)5-6-16(8-13)11-4-2-3-10(14)9(11)7-15/h2-4H,5-6,8H2,1H3,(H,17,18). The molecule has 0 spiro atoms. The number of hydrogen-bond acceptors (Lipinski definition) is 3. The first-order valence-corrected chi connectivity index (χ1v) is 5.65. The Bertz CT molecular complexity index is 538. The quantitative estimate of drug-likeness (QED) is 0.869. The fourth-order valence-corrected chi connectivity index (χ4v) is 2.23. The maximum atomic E-state index is 13.5. The van der Waals surface area contributed by atoms with E-state index in [2.05, 4.69) is 0 Å². The average Bonchev–Trinajstić information content (AvgIpc) is 2.73. The molecule has 4 nitrogen and oxygen atoms in total. The van der Waals surface area contributed by atoms with E-state index < -0.39 is 17.2 Å². The molecule has 1 aromatic rings. The summed E-state index contributed by atoms with van der Waals surface area (Å²) >= 11 is 0. The van der Waals surface area contributed by atoms with Crippen LogP contribution in [0.1, 0.15) is 18.9 Å². The number of carboxylic acids is 1. The molecule has 5 heteroatoms. The molecule has 1 aliphatic heterocycles. The first kappa shape index (κ1) is 12.4. The number of hydrogen-bond donors (Lipinski definition) is 1. The molecule has 2 rings (SSSR count). The summed E-state index contributed by atoms with van der Waals surface area (Å²) in [6, 6.07) is 6.24. The van der Waals surface area contributed by atoms with E-state index in [0.29, 0.717) is 25.2 Å². The highest BCUT2D eigenvalue weighted by atomic mass is 19.1. The normalized spacial score (nSPS) is 22.8. The smallest absolute Gasteiger partial charge is 0.311 e. The van der Waals surface area contributed by atoms with Crippen LogP contribution in [0.4, 0.5) is 10.1 Å². The molecule has 1 atom stereocenters. The molecule has 1 fully saturated rings. The van der Waals surface area contributed by atoms with Gasteiger partial charge < -0.3 is 10.0 Å². The van der Waals surface area contributed by atoms with Crippen molar-refractivity contribution in [2.75, 3.05) is 18.0 Å². The first-order valence-electron chi connectivity index (χ1n) is 5.65. The van der Waals surface area contributed by atoms with Crippen molar-refractivity contribution in [2.24, 2.45) is 5.41 Å². The number of halogens is 1. The molecule has 18 heavy (non-hydrogen) atoms. The Morgan fingerprint density at radius 3 is 2.89 bits per heavy atom. The third-order valence-corrected chi connectivity index (χ3v) is 3.43. The van der Waals surface area contributed by atoms with E-state index in [9.17, 15) is 9.18 Å². The molecule has 1 N–H and O–H groups in total. The molecule has 1 aliphatic rings. The van der Waals surface area contributed by atoms with Crippen LogP contribution in [0, 0.1) is 22.6 Å². The molecular formula is C13H13FN2O2. The molecular weight excluding hydrogens is 235 g/mol. The molecule has 94 valence electrons. The molecule has 1 saturated heterocycles. The third kappa shape index (κ3) is 1.90. The van der Waals surface area contributed by atoms with Gasteiger partial charge in [-0.3, -0.25) is 4.79 Å². The second kappa shape index (κ2) is 4.30. The van der Waals surface area contributed by atoms with Gasteiger partial charge in [-0.15, -0.1) is 0 Å². The van der Waals surface area contributed by atoms with Gasteiger partial charge in [-0.25, -0.2) is 4.39 Å². The molecule has 0 aliphatic carbocycles. The van der Waals surface area contributed by atoms with Gasteiger partial charge in [0.15, 0.2) is 0 Å². The van der Waals surface area contributed by atoms with Crippen LogP contribution < -0.4 is 4.90 Å². The van der Waals surface area contributed by atoms with Crippen molar-refractivity contribution >= 4 is 11.7 Å². The van der Waals surface area contributed by atoms with E-state index in [-0.39, 0.29) is 5.56 Å². The fraction of sp³-hybridized carbons (Fsp3) is 0.385. The number of rotatable bonds is 2. The summed E-state index contributed by atoms with van der Waals surface area (Å²) < 4.78 is 13.5. The Kier molecular flexibility index (Phi) is 2.95. The predicted molar refractivity (Wildman–Crippen MR) is 63.7 cm³/mol. The summed E-state index contributed by atoms with van der Waals surface area (Å²) in [5.41, 5.74) is -0.381. The SMILES string of the molecule is CC1(C(=O)O)CCN(c2cccc(F)c2C#N)C1. The average molecular weight is 248 g/mol. The van der Waals surface area contributed by atoms with Crippen molar-refractivity contribution < 1.29 is 14.3 Å². The monoisotopic (exact) mass is 248 g/mol. The van der Waals surface area contributed by atoms with Crippen LogP contribution in [0.25, 0.3) is 0 Å². The fourth-order valence-electron chi connectivity index (χ4n) is 2.23. The third-order valence-electron chi connectivity index (χ3n) is 3.43. The van der Waals surface area contributed by atoms with Crippen molar-refractivity contribution in [2.45, 2.75) is 13.3 Å². The minimum atomic E-state index is -0.861. The number of carbonyl (C=O) groups is 1.